The van der Waals surface area contributed by atoms with Crippen LogP contribution in [0.1, 0.15) is 37.9 Å². The molecule has 0 spiro atoms. The summed E-state index contributed by atoms with van der Waals surface area (Å²) in [6, 6.07) is 18.2. The maximum Gasteiger partial charge on any atom is 0.337 e. The summed E-state index contributed by atoms with van der Waals surface area (Å²) in [6.07, 6.45) is 1.32. The maximum absolute atomic E-state index is 12.8. The maximum atomic E-state index is 12.8. The molecule has 7 nitrogen and oxygen atoms in total. The number of amides is 1. The van der Waals surface area contributed by atoms with Crippen LogP contribution in [0.5, 0.6) is 0 Å². The normalized spacial score (nSPS) is 14.9. The molecule has 1 atom stereocenters. The molecule has 0 saturated carbocycles. The lowest BCUT2D eigenvalue weighted by Crippen LogP contribution is -2.49. The van der Waals surface area contributed by atoms with Crippen molar-refractivity contribution in [2.24, 2.45) is 0 Å². The highest BCUT2D eigenvalue weighted by Crippen LogP contribution is 2.24. The van der Waals surface area contributed by atoms with Gasteiger partial charge in [0.25, 0.3) is 5.91 Å². The zero-order valence-corrected chi connectivity index (χ0v) is 21.4. The SMILES string of the molecule is COC(=O)c1ccc(COC(CN2CCN(C(=O)c3ccc(Cl)nc3)CC2)c2ccc(Cl)cc2)cc1. The van der Waals surface area contributed by atoms with Gasteiger partial charge in [-0.05, 0) is 47.5 Å². The third-order valence-electron chi connectivity index (χ3n) is 6.13. The number of hydrogen-bond acceptors (Lipinski definition) is 6. The van der Waals surface area contributed by atoms with E-state index in [0.717, 1.165) is 24.2 Å². The quantitative estimate of drug-likeness (QED) is 0.306. The second-order valence-electron chi connectivity index (χ2n) is 8.50. The van der Waals surface area contributed by atoms with Gasteiger partial charge < -0.3 is 14.4 Å². The van der Waals surface area contributed by atoms with Crippen molar-refractivity contribution in [3.8, 4) is 0 Å². The molecule has 1 saturated heterocycles. The Morgan fingerprint density at radius 3 is 2.19 bits per heavy atom. The fraction of sp³-hybridized carbons (Fsp3) is 0.296. The first-order valence-electron chi connectivity index (χ1n) is 11.6. The van der Waals surface area contributed by atoms with Gasteiger partial charge in [-0.3, -0.25) is 9.69 Å². The number of halogens is 2. The van der Waals surface area contributed by atoms with Crippen molar-refractivity contribution in [1.82, 2.24) is 14.8 Å². The van der Waals surface area contributed by atoms with E-state index in [-0.39, 0.29) is 18.0 Å². The van der Waals surface area contributed by atoms with Crippen LogP contribution in [0.4, 0.5) is 0 Å². The van der Waals surface area contributed by atoms with Crippen molar-refractivity contribution in [2.75, 3.05) is 39.8 Å². The second kappa shape index (κ2) is 12.3. The summed E-state index contributed by atoms with van der Waals surface area (Å²) in [4.78, 5) is 32.6. The molecule has 0 radical (unpaired) electrons. The zero-order chi connectivity index (χ0) is 25.5. The van der Waals surface area contributed by atoms with Crippen molar-refractivity contribution < 1.29 is 19.1 Å². The van der Waals surface area contributed by atoms with Gasteiger partial charge >= 0.3 is 5.97 Å². The molecule has 0 bridgehead atoms. The molecule has 36 heavy (non-hydrogen) atoms. The Bertz CT molecular complexity index is 1160. The highest BCUT2D eigenvalue weighted by Gasteiger charge is 2.25. The molecule has 188 valence electrons. The first-order chi connectivity index (χ1) is 17.4. The van der Waals surface area contributed by atoms with E-state index in [0.29, 0.717) is 47.5 Å². The second-order valence-corrected chi connectivity index (χ2v) is 9.33. The Kier molecular flexibility index (Phi) is 8.93. The Balaban J connectivity index is 1.37. The molecule has 2 aromatic carbocycles. The predicted octanol–water partition coefficient (Wildman–Crippen LogP) is 4.89. The van der Waals surface area contributed by atoms with Gasteiger partial charge in [-0.15, -0.1) is 0 Å². The Labute approximate surface area is 220 Å². The van der Waals surface area contributed by atoms with Crippen molar-refractivity contribution in [2.45, 2.75) is 12.7 Å². The number of piperazine rings is 1. The van der Waals surface area contributed by atoms with Crippen LogP contribution in [0.25, 0.3) is 0 Å². The number of aromatic nitrogens is 1. The molecule has 2 heterocycles. The Morgan fingerprint density at radius 1 is 0.917 bits per heavy atom. The number of pyridine rings is 1. The summed E-state index contributed by atoms with van der Waals surface area (Å²) in [7, 11) is 1.36. The lowest BCUT2D eigenvalue weighted by atomic mass is 10.1. The van der Waals surface area contributed by atoms with Crippen molar-refractivity contribution in [3.05, 3.63) is 99.3 Å². The van der Waals surface area contributed by atoms with E-state index in [9.17, 15) is 9.59 Å². The molecule has 1 aliphatic rings. The summed E-state index contributed by atoms with van der Waals surface area (Å²) in [5, 5.41) is 1.03. The van der Waals surface area contributed by atoms with E-state index in [2.05, 4.69) is 9.88 Å². The molecule has 0 N–H and O–H groups in total. The monoisotopic (exact) mass is 527 g/mol. The highest BCUT2D eigenvalue weighted by atomic mass is 35.5. The average Bonchev–Trinajstić information content (AvgIpc) is 2.92. The minimum atomic E-state index is -0.369. The summed E-state index contributed by atoms with van der Waals surface area (Å²) >= 11 is 11.9. The summed E-state index contributed by atoms with van der Waals surface area (Å²) in [5.41, 5.74) is 3.01. The molecule has 1 aliphatic heterocycles. The first-order valence-corrected chi connectivity index (χ1v) is 12.4. The third-order valence-corrected chi connectivity index (χ3v) is 6.60. The molecular weight excluding hydrogens is 501 g/mol. The van der Waals surface area contributed by atoms with Crippen LogP contribution in [0.3, 0.4) is 0 Å². The molecule has 3 aromatic rings. The van der Waals surface area contributed by atoms with E-state index in [1.807, 2.05) is 41.3 Å². The van der Waals surface area contributed by atoms with Crippen LogP contribution in [0.15, 0.2) is 66.9 Å². The Hall–Kier alpha value is -2.97. The fourth-order valence-corrected chi connectivity index (χ4v) is 4.27. The number of benzene rings is 2. The number of rotatable bonds is 8. The largest absolute Gasteiger partial charge is 0.465 e. The van der Waals surface area contributed by atoms with Gasteiger partial charge in [0.1, 0.15) is 5.15 Å². The van der Waals surface area contributed by atoms with Gasteiger partial charge in [-0.1, -0.05) is 47.5 Å². The number of ether oxygens (including phenoxy) is 2. The molecule has 1 amide bonds. The molecule has 4 rings (SSSR count). The van der Waals surface area contributed by atoms with Gasteiger partial charge in [0, 0.05) is 43.9 Å². The predicted molar refractivity (Wildman–Crippen MR) is 138 cm³/mol. The smallest absolute Gasteiger partial charge is 0.337 e. The zero-order valence-electron chi connectivity index (χ0n) is 19.9. The number of methoxy groups -OCH3 is 1. The standard InChI is InChI=1S/C27H27Cl2N3O4/c1-35-27(34)21-4-2-19(3-5-21)18-36-24(20-6-9-23(28)10-7-20)17-31-12-14-32(15-13-31)26(33)22-8-11-25(29)30-16-22/h2-11,16,24H,12-15,17-18H2,1H3. The van der Waals surface area contributed by atoms with Crippen molar-refractivity contribution >= 4 is 35.1 Å². The van der Waals surface area contributed by atoms with E-state index in [1.54, 1.807) is 24.3 Å². The van der Waals surface area contributed by atoms with E-state index >= 15 is 0 Å². The molecule has 1 aromatic heterocycles. The van der Waals surface area contributed by atoms with Crippen LogP contribution >= 0.6 is 23.2 Å². The van der Waals surface area contributed by atoms with Crippen LogP contribution in [-0.4, -0.2) is 66.5 Å². The van der Waals surface area contributed by atoms with Crippen LogP contribution in [0, 0.1) is 0 Å². The minimum Gasteiger partial charge on any atom is -0.465 e. The summed E-state index contributed by atoms with van der Waals surface area (Å²) in [5.74, 6) is -0.411. The van der Waals surface area contributed by atoms with Gasteiger partial charge in [0.15, 0.2) is 0 Å². The molecule has 1 unspecified atom stereocenters. The topological polar surface area (TPSA) is 72.0 Å². The van der Waals surface area contributed by atoms with Gasteiger partial charge in [0.2, 0.25) is 0 Å². The molecule has 1 fully saturated rings. The van der Waals surface area contributed by atoms with E-state index in [4.69, 9.17) is 32.7 Å². The van der Waals surface area contributed by atoms with Gasteiger partial charge in [0.05, 0.1) is 30.9 Å². The summed E-state index contributed by atoms with van der Waals surface area (Å²) in [6.45, 7) is 3.75. The van der Waals surface area contributed by atoms with Crippen LogP contribution in [0.2, 0.25) is 10.2 Å². The third kappa shape index (κ3) is 6.83. The Morgan fingerprint density at radius 2 is 1.58 bits per heavy atom. The molecular formula is C27H27Cl2N3O4. The molecule has 0 aliphatic carbocycles. The van der Waals surface area contributed by atoms with Crippen molar-refractivity contribution in [3.63, 3.8) is 0 Å². The van der Waals surface area contributed by atoms with Crippen molar-refractivity contribution in [1.29, 1.82) is 0 Å². The van der Waals surface area contributed by atoms with E-state index in [1.165, 1.54) is 13.3 Å². The molecule has 9 heteroatoms. The lowest BCUT2D eigenvalue weighted by Gasteiger charge is -2.36. The van der Waals surface area contributed by atoms with Crippen LogP contribution < -0.4 is 0 Å². The lowest BCUT2D eigenvalue weighted by molar-refractivity contribution is 0.00340. The highest BCUT2D eigenvalue weighted by molar-refractivity contribution is 6.30. The number of carbonyl (C=O) groups is 2. The van der Waals surface area contributed by atoms with Crippen LogP contribution in [-0.2, 0) is 16.1 Å². The average molecular weight is 528 g/mol. The first kappa shape index (κ1) is 26.1. The number of esters is 1. The van der Waals surface area contributed by atoms with E-state index < -0.39 is 0 Å². The number of nitrogens with zero attached hydrogens (tertiary/aromatic N) is 3. The number of hydrogen-bond donors (Lipinski definition) is 0. The fourth-order valence-electron chi connectivity index (χ4n) is 4.04. The summed E-state index contributed by atoms with van der Waals surface area (Å²) < 4.78 is 11.1. The van der Waals surface area contributed by atoms with Gasteiger partial charge in [-0.2, -0.15) is 0 Å². The number of carbonyl (C=O) groups excluding carboxylic acids is 2. The minimum absolute atomic E-state index is 0.0419. The van der Waals surface area contributed by atoms with Gasteiger partial charge in [-0.25, -0.2) is 9.78 Å².